The van der Waals surface area contributed by atoms with Crippen molar-refractivity contribution in [1.82, 2.24) is 9.88 Å². The molecule has 1 N–H and O–H groups in total. The van der Waals surface area contributed by atoms with Gasteiger partial charge < -0.3 is 4.98 Å². The molecule has 0 amide bonds. The van der Waals surface area contributed by atoms with E-state index in [4.69, 9.17) is 0 Å². The number of hydrogen-bond acceptors (Lipinski definition) is 1. The molecular formula is C19H20N2. The Morgan fingerprint density at radius 2 is 1.81 bits per heavy atom. The molecule has 2 heteroatoms. The first kappa shape index (κ1) is 12.7. The highest BCUT2D eigenvalue weighted by Crippen LogP contribution is 2.36. The number of nitrogens with one attached hydrogen (secondary N) is 1. The van der Waals surface area contributed by atoms with Gasteiger partial charge in [-0.2, -0.15) is 0 Å². The summed E-state index contributed by atoms with van der Waals surface area (Å²) in [4.78, 5) is 6.04. The first-order valence-corrected chi connectivity index (χ1v) is 7.76. The van der Waals surface area contributed by atoms with Crippen LogP contribution in [0.25, 0.3) is 10.9 Å². The maximum atomic E-state index is 3.42. The molecule has 3 aromatic rings. The van der Waals surface area contributed by atoms with Crippen LogP contribution < -0.4 is 0 Å². The van der Waals surface area contributed by atoms with Crippen LogP contribution in [0.5, 0.6) is 0 Å². The van der Waals surface area contributed by atoms with Crippen molar-refractivity contribution in [2.75, 3.05) is 6.54 Å². The Bertz CT molecular complexity index is 729. The first-order chi connectivity index (χ1) is 10.4. The molecule has 1 saturated heterocycles. The van der Waals surface area contributed by atoms with Crippen LogP contribution in [0.15, 0.2) is 60.8 Å². The number of fused-ring (bicyclic) bond motifs is 1. The van der Waals surface area contributed by atoms with Gasteiger partial charge >= 0.3 is 0 Å². The van der Waals surface area contributed by atoms with Gasteiger partial charge in [-0.1, -0.05) is 48.5 Å². The van der Waals surface area contributed by atoms with Crippen LogP contribution in [0.2, 0.25) is 0 Å². The lowest BCUT2D eigenvalue weighted by molar-refractivity contribution is 0.250. The minimum atomic E-state index is 0.543. The zero-order valence-electron chi connectivity index (χ0n) is 12.1. The summed E-state index contributed by atoms with van der Waals surface area (Å²) in [5.41, 5.74) is 4.11. The summed E-state index contributed by atoms with van der Waals surface area (Å²) in [6.45, 7) is 2.24. The van der Waals surface area contributed by atoms with Crippen LogP contribution in [0.3, 0.4) is 0 Å². The molecule has 0 saturated carbocycles. The molecule has 1 fully saturated rings. The van der Waals surface area contributed by atoms with E-state index in [0.29, 0.717) is 6.04 Å². The van der Waals surface area contributed by atoms with E-state index < -0.39 is 0 Å². The van der Waals surface area contributed by atoms with Crippen LogP contribution in [0.4, 0.5) is 0 Å². The van der Waals surface area contributed by atoms with E-state index in [1.807, 2.05) is 0 Å². The molecular weight excluding hydrogens is 256 g/mol. The van der Waals surface area contributed by atoms with E-state index in [1.165, 1.54) is 41.4 Å². The molecule has 0 bridgehead atoms. The third kappa shape index (κ3) is 2.36. The number of aromatic nitrogens is 1. The summed E-state index contributed by atoms with van der Waals surface area (Å²) >= 11 is 0. The van der Waals surface area contributed by atoms with Gasteiger partial charge in [-0.15, -0.1) is 0 Å². The Morgan fingerprint density at radius 1 is 1.00 bits per heavy atom. The second-order valence-corrected chi connectivity index (χ2v) is 5.90. The van der Waals surface area contributed by atoms with Gasteiger partial charge in [0.15, 0.2) is 0 Å². The number of hydrogen-bond donors (Lipinski definition) is 1. The SMILES string of the molecule is c1ccc(CN2CCCC2c2c[nH]c3ccccc23)cc1. The van der Waals surface area contributed by atoms with Gasteiger partial charge in [0.05, 0.1) is 0 Å². The topological polar surface area (TPSA) is 19.0 Å². The van der Waals surface area contributed by atoms with Crippen molar-refractivity contribution in [2.45, 2.75) is 25.4 Å². The zero-order chi connectivity index (χ0) is 14.1. The lowest BCUT2D eigenvalue weighted by atomic mass is 10.0. The van der Waals surface area contributed by atoms with Crippen molar-refractivity contribution in [3.8, 4) is 0 Å². The van der Waals surface area contributed by atoms with Crippen molar-refractivity contribution in [3.63, 3.8) is 0 Å². The predicted molar refractivity (Wildman–Crippen MR) is 87.1 cm³/mol. The Balaban J connectivity index is 1.64. The normalized spacial score (nSPS) is 19.3. The van der Waals surface area contributed by atoms with Crippen LogP contribution in [-0.4, -0.2) is 16.4 Å². The molecule has 2 nitrogen and oxygen atoms in total. The van der Waals surface area contributed by atoms with Crippen molar-refractivity contribution in [3.05, 3.63) is 71.9 Å². The van der Waals surface area contributed by atoms with Crippen LogP contribution in [0.1, 0.15) is 30.0 Å². The molecule has 2 heterocycles. The quantitative estimate of drug-likeness (QED) is 0.746. The second kappa shape index (κ2) is 5.38. The maximum absolute atomic E-state index is 3.42. The number of H-pyrrole nitrogens is 1. The number of rotatable bonds is 3. The smallest absolute Gasteiger partial charge is 0.0457 e. The molecule has 1 aliphatic rings. The minimum Gasteiger partial charge on any atom is -0.361 e. The second-order valence-electron chi connectivity index (χ2n) is 5.90. The average Bonchev–Trinajstić information content (AvgIpc) is 3.14. The summed E-state index contributed by atoms with van der Waals surface area (Å²) in [5.74, 6) is 0. The molecule has 21 heavy (non-hydrogen) atoms. The molecule has 0 radical (unpaired) electrons. The van der Waals surface area contributed by atoms with Crippen molar-refractivity contribution < 1.29 is 0 Å². The van der Waals surface area contributed by atoms with Crippen LogP contribution in [0, 0.1) is 0 Å². The number of benzene rings is 2. The molecule has 1 atom stereocenters. The summed E-state index contributed by atoms with van der Waals surface area (Å²) < 4.78 is 0. The molecule has 4 rings (SSSR count). The summed E-state index contributed by atoms with van der Waals surface area (Å²) in [5, 5.41) is 1.38. The van der Waals surface area contributed by atoms with Gasteiger partial charge in [0.2, 0.25) is 0 Å². The highest BCUT2D eigenvalue weighted by atomic mass is 15.2. The van der Waals surface area contributed by atoms with Gasteiger partial charge in [-0.25, -0.2) is 0 Å². The average molecular weight is 276 g/mol. The third-order valence-electron chi connectivity index (χ3n) is 4.57. The van der Waals surface area contributed by atoms with Crippen LogP contribution in [-0.2, 0) is 6.54 Å². The molecule has 106 valence electrons. The predicted octanol–water partition coefficient (Wildman–Crippen LogP) is 4.51. The largest absolute Gasteiger partial charge is 0.361 e. The summed E-state index contributed by atoms with van der Waals surface area (Å²) in [6.07, 6.45) is 4.75. The van der Waals surface area contributed by atoms with Gasteiger partial charge in [0.25, 0.3) is 0 Å². The number of nitrogens with zero attached hydrogens (tertiary/aromatic N) is 1. The molecule has 0 aliphatic carbocycles. The third-order valence-corrected chi connectivity index (χ3v) is 4.57. The van der Waals surface area contributed by atoms with E-state index in [9.17, 15) is 0 Å². The minimum absolute atomic E-state index is 0.543. The Morgan fingerprint density at radius 3 is 2.71 bits per heavy atom. The molecule has 1 aliphatic heterocycles. The number of para-hydroxylation sites is 1. The van der Waals surface area contributed by atoms with E-state index in [2.05, 4.69) is 70.7 Å². The highest BCUT2D eigenvalue weighted by Gasteiger charge is 2.27. The van der Waals surface area contributed by atoms with E-state index in [1.54, 1.807) is 0 Å². The van der Waals surface area contributed by atoms with E-state index in [0.717, 1.165) is 6.54 Å². The van der Waals surface area contributed by atoms with E-state index in [-0.39, 0.29) is 0 Å². The first-order valence-electron chi connectivity index (χ1n) is 7.76. The number of aromatic amines is 1. The standard InChI is InChI=1S/C19H20N2/c1-2-7-15(8-3-1)14-21-12-6-11-19(21)17-13-20-18-10-5-4-9-16(17)18/h1-5,7-10,13,19-20H,6,11-12,14H2. The monoisotopic (exact) mass is 276 g/mol. The van der Waals surface area contributed by atoms with Crippen LogP contribution >= 0.6 is 0 Å². The fourth-order valence-corrected chi connectivity index (χ4v) is 3.56. The Hall–Kier alpha value is -2.06. The van der Waals surface area contributed by atoms with Crippen molar-refractivity contribution in [2.24, 2.45) is 0 Å². The molecule has 2 aromatic carbocycles. The molecule has 1 unspecified atom stereocenters. The van der Waals surface area contributed by atoms with Crippen molar-refractivity contribution >= 4 is 10.9 Å². The highest BCUT2D eigenvalue weighted by molar-refractivity contribution is 5.83. The Kier molecular flexibility index (Phi) is 3.24. The lowest BCUT2D eigenvalue weighted by Gasteiger charge is -2.24. The van der Waals surface area contributed by atoms with Gasteiger partial charge in [-0.3, -0.25) is 4.90 Å². The Labute approximate surface area is 125 Å². The summed E-state index contributed by atoms with van der Waals surface area (Å²) in [6, 6.07) is 20.0. The fourth-order valence-electron chi connectivity index (χ4n) is 3.56. The zero-order valence-corrected chi connectivity index (χ0v) is 12.1. The van der Waals surface area contributed by atoms with E-state index >= 15 is 0 Å². The lowest BCUT2D eigenvalue weighted by Crippen LogP contribution is -2.22. The summed E-state index contributed by atoms with van der Waals surface area (Å²) in [7, 11) is 0. The van der Waals surface area contributed by atoms with Gasteiger partial charge in [-0.05, 0) is 36.6 Å². The number of likely N-dealkylation sites (tertiary alicyclic amines) is 1. The molecule has 1 aromatic heterocycles. The van der Waals surface area contributed by atoms with Gasteiger partial charge in [0.1, 0.15) is 0 Å². The van der Waals surface area contributed by atoms with Crippen molar-refractivity contribution in [1.29, 1.82) is 0 Å². The maximum Gasteiger partial charge on any atom is 0.0457 e. The fraction of sp³-hybridized carbons (Fsp3) is 0.263. The molecule has 0 spiro atoms. The van der Waals surface area contributed by atoms with Gasteiger partial charge in [0, 0.05) is 29.7 Å².